The Balaban J connectivity index is 1.90. The van der Waals surface area contributed by atoms with Crippen molar-refractivity contribution in [2.45, 2.75) is 77.3 Å². The zero-order chi connectivity index (χ0) is 13.7. The third-order valence-electron chi connectivity index (χ3n) is 4.76. The number of rotatable bonds is 2. The van der Waals surface area contributed by atoms with Gasteiger partial charge in [-0.1, -0.05) is 33.1 Å². The number of nitrogens with zero attached hydrogens (tertiary/aromatic N) is 1. The van der Waals surface area contributed by atoms with E-state index >= 15 is 0 Å². The second-order valence-corrected chi connectivity index (χ2v) is 6.56. The minimum atomic E-state index is 0.429. The summed E-state index contributed by atoms with van der Waals surface area (Å²) < 4.78 is 0. The van der Waals surface area contributed by atoms with Crippen LogP contribution in [0.3, 0.4) is 0 Å². The molecule has 0 spiro atoms. The summed E-state index contributed by atoms with van der Waals surface area (Å²) in [6.45, 7) is 4.66. The highest BCUT2D eigenvalue weighted by Crippen LogP contribution is 2.30. The summed E-state index contributed by atoms with van der Waals surface area (Å²) in [7, 11) is 0. The molecule has 110 valence electrons. The van der Waals surface area contributed by atoms with Gasteiger partial charge in [0.1, 0.15) is 0 Å². The van der Waals surface area contributed by atoms with Gasteiger partial charge in [-0.2, -0.15) is 0 Å². The number of hydrazine groups is 1. The molecule has 0 bridgehead atoms. The van der Waals surface area contributed by atoms with Gasteiger partial charge in [-0.15, -0.1) is 0 Å². The van der Waals surface area contributed by atoms with E-state index in [0.717, 1.165) is 11.9 Å². The van der Waals surface area contributed by atoms with Crippen LogP contribution in [0.1, 0.15) is 65.2 Å². The number of guanidine groups is 1. The van der Waals surface area contributed by atoms with Crippen LogP contribution in [-0.4, -0.2) is 18.0 Å². The fourth-order valence-corrected chi connectivity index (χ4v) is 3.56. The van der Waals surface area contributed by atoms with Crippen molar-refractivity contribution < 1.29 is 0 Å². The normalized spacial score (nSPS) is 34.1. The highest BCUT2D eigenvalue weighted by atomic mass is 15.3. The van der Waals surface area contributed by atoms with E-state index in [2.05, 4.69) is 24.6 Å². The van der Waals surface area contributed by atoms with Crippen molar-refractivity contribution in [3.05, 3.63) is 0 Å². The van der Waals surface area contributed by atoms with Crippen molar-refractivity contribution in [2.75, 3.05) is 0 Å². The minimum absolute atomic E-state index is 0.429. The Bertz CT molecular complexity index is 297. The van der Waals surface area contributed by atoms with Crippen molar-refractivity contribution in [2.24, 2.45) is 22.7 Å². The lowest BCUT2D eigenvalue weighted by atomic mass is 9.80. The molecule has 4 N–H and O–H groups in total. The molecule has 19 heavy (non-hydrogen) atoms. The third kappa shape index (κ3) is 4.37. The van der Waals surface area contributed by atoms with Gasteiger partial charge in [-0.25, -0.2) is 10.8 Å². The monoisotopic (exact) mass is 266 g/mol. The van der Waals surface area contributed by atoms with E-state index < -0.39 is 0 Å². The fourth-order valence-electron chi connectivity index (χ4n) is 3.56. The first-order valence-corrected chi connectivity index (χ1v) is 8.00. The Morgan fingerprint density at radius 1 is 1.05 bits per heavy atom. The van der Waals surface area contributed by atoms with E-state index in [1.165, 1.54) is 51.4 Å². The topological polar surface area (TPSA) is 62.4 Å². The van der Waals surface area contributed by atoms with Crippen molar-refractivity contribution in [3.8, 4) is 0 Å². The zero-order valence-electron chi connectivity index (χ0n) is 12.5. The van der Waals surface area contributed by atoms with Gasteiger partial charge in [0, 0.05) is 6.04 Å². The second-order valence-electron chi connectivity index (χ2n) is 6.56. The molecule has 2 fully saturated rings. The van der Waals surface area contributed by atoms with Gasteiger partial charge in [0.25, 0.3) is 0 Å². The molecule has 0 aromatic carbocycles. The van der Waals surface area contributed by atoms with Crippen LogP contribution in [0.5, 0.6) is 0 Å². The summed E-state index contributed by atoms with van der Waals surface area (Å²) in [4.78, 5) is 4.83. The Kier molecular flexibility index (Phi) is 5.49. The molecule has 2 rings (SSSR count). The van der Waals surface area contributed by atoms with Gasteiger partial charge >= 0.3 is 0 Å². The standard InChI is InChI=1S/C15H30N4/c1-11-8-9-14(12(2)10-11)18-15(19-16)17-13-6-4-3-5-7-13/h11-14H,3-10,16H2,1-2H3,(H2,17,18,19). The van der Waals surface area contributed by atoms with Crippen LogP contribution in [0, 0.1) is 11.8 Å². The summed E-state index contributed by atoms with van der Waals surface area (Å²) in [5.41, 5.74) is 2.77. The average Bonchev–Trinajstić information content (AvgIpc) is 2.42. The highest BCUT2D eigenvalue weighted by molar-refractivity contribution is 5.79. The third-order valence-corrected chi connectivity index (χ3v) is 4.76. The maximum absolute atomic E-state index is 5.64. The average molecular weight is 266 g/mol. The number of hydrogen-bond acceptors (Lipinski definition) is 2. The van der Waals surface area contributed by atoms with Crippen molar-refractivity contribution >= 4 is 5.96 Å². The molecule has 4 heteroatoms. The Hall–Kier alpha value is -0.770. The fraction of sp³-hybridized carbons (Fsp3) is 0.933. The predicted molar refractivity (Wildman–Crippen MR) is 80.7 cm³/mol. The van der Waals surface area contributed by atoms with Gasteiger partial charge < -0.3 is 5.32 Å². The summed E-state index contributed by atoms with van der Waals surface area (Å²) in [6, 6.07) is 0.986. The molecule has 0 aromatic heterocycles. The minimum Gasteiger partial charge on any atom is -0.353 e. The zero-order valence-corrected chi connectivity index (χ0v) is 12.5. The molecular weight excluding hydrogens is 236 g/mol. The molecule has 4 nitrogen and oxygen atoms in total. The van der Waals surface area contributed by atoms with Crippen LogP contribution in [0.25, 0.3) is 0 Å². The van der Waals surface area contributed by atoms with E-state index in [0.29, 0.717) is 18.0 Å². The van der Waals surface area contributed by atoms with Crippen LogP contribution < -0.4 is 16.6 Å². The van der Waals surface area contributed by atoms with E-state index in [-0.39, 0.29) is 0 Å². The van der Waals surface area contributed by atoms with Crippen LogP contribution in [0.15, 0.2) is 4.99 Å². The predicted octanol–water partition coefficient (Wildman–Crippen LogP) is 2.55. The van der Waals surface area contributed by atoms with Crippen molar-refractivity contribution in [1.29, 1.82) is 0 Å². The van der Waals surface area contributed by atoms with Crippen LogP contribution in [0.2, 0.25) is 0 Å². The van der Waals surface area contributed by atoms with Gasteiger partial charge in [0.15, 0.2) is 0 Å². The lowest BCUT2D eigenvalue weighted by Crippen LogP contribution is -2.48. The molecule has 0 heterocycles. The first-order valence-electron chi connectivity index (χ1n) is 8.00. The highest BCUT2D eigenvalue weighted by Gasteiger charge is 2.25. The lowest BCUT2D eigenvalue weighted by Gasteiger charge is -2.31. The maximum atomic E-state index is 5.64. The molecule has 3 atom stereocenters. The molecule has 2 aliphatic rings. The lowest BCUT2D eigenvalue weighted by molar-refractivity contribution is 0.263. The van der Waals surface area contributed by atoms with Gasteiger partial charge in [-0.05, 0) is 43.9 Å². The largest absolute Gasteiger partial charge is 0.353 e. The van der Waals surface area contributed by atoms with Crippen molar-refractivity contribution in [3.63, 3.8) is 0 Å². The molecule has 0 aliphatic heterocycles. The van der Waals surface area contributed by atoms with Crippen molar-refractivity contribution in [1.82, 2.24) is 10.7 Å². The van der Waals surface area contributed by atoms with E-state index in [1.54, 1.807) is 0 Å². The van der Waals surface area contributed by atoms with Gasteiger partial charge in [0.2, 0.25) is 5.96 Å². The summed E-state index contributed by atoms with van der Waals surface area (Å²) in [5, 5.41) is 3.50. The van der Waals surface area contributed by atoms with Gasteiger partial charge in [-0.3, -0.25) is 5.43 Å². The second kappa shape index (κ2) is 7.13. The molecule has 2 aliphatic carbocycles. The van der Waals surface area contributed by atoms with Crippen LogP contribution in [0.4, 0.5) is 0 Å². The number of aliphatic imine (C=N–C) groups is 1. The number of nitrogens with two attached hydrogens (primary N) is 1. The first-order chi connectivity index (χ1) is 9.19. The molecule has 0 aromatic rings. The quantitative estimate of drug-likeness (QED) is 0.311. The smallest absolute Gasteiger partial charge is 0.206 e. The molecule has 3 unspecified atom stereocenters. The molecule has 0 radical (unpaired) electrons. The van der Waals surface area contributed by atoms with Crippen LogP contribution in [-0.2, 0) is 0 Å². The van der Waals surface area contributed by atoms with E-state index in [9.17, 15) is 0 Å². The summed E-state index contributed by atoms with van der Waals surface area (Å²) in [6.07, 6.45) is 10.3. The summed E-state index contributed by atoms with van der Waals surface area (Å²) >= 11 is 0. The SMILES string of the molecule is CC1CCC(N=C(NN)NC2CCCCC2)C(C)C1. The molecule has 2 saturated carbocycles. The van der Waals surface area contributed by atoms with Gasteiger partial charge in [0.05, 0.1) is 6.04 Å². The summed E-state index contributed by atoms with van der Waals surface area (Å²) in [5.74, 6) is 7.96. The number of nitrogens with one attached hydrogen (secondary N) is 2. The number of hydrogen-bond donors (Lipinski definition) is 3. The van der Waals surface area contributed by atoms with E-state index in [1.807, 2.05) is 0 Å². The molecule has 0 saturated heterocycles. The first kappa shape index (κ1) is 14.6. The Morgan fingerprint density at radius 2 is 1.79 bits per heavy atom. The Labute approximate surface area is 117 Å². The van der Waals surface area contributed by atoms with E-state index in [4.69, 9.17) is 10.8 Å². The Morgan fingerprint density at radius 3 is 2.42 bits per heavy atom. The van der Waals surface area contributed by atoms with Crippen LogP contribution >= 0.6 is 0 Å². The molecule has 0 amide bonds. The molecular formula is C15H30N4. The maximum Gasteiger partial charge on any atom is 0.206 e.